The molecule has 1 amide bonds. The normalized spacial score (nSPS) is 20.8. The lowest BCUT2D eigenvalue weighted by Gasteiger charge is -2.09. The largest absolute Gasteiger partial charge is 0.337 e. The first-order chi connectivity index (χ1) is 10.8. The lowest BCUT2D eigenvalue weighted by Crippen LogP contribution is -2.31. The van der Waals surface area contributed by atoms with Crippen LogP contribution in [0.1, 0.15) is 36.6 Å². The van der Waals surface area contributed by atoms with E-state index >= 15 is 0 Å². The Bertz CT molecular complexity index is 706. The topological polar surface area (TPSA) is 71.6 Å². The predicted molar refractivity (Wildman–Crippen MR) is 80.8 cm³/mol. The first-order valence-electron chi connectivity index (χ1n) is 7.55. The number of rotatable bonds is 5. The molecular weight excluding hydrogens is 280 g/mol. The third-order valence-corrected chi connectivity index (χ3v) is 4.01. The third-order valence-electron chi connectivity index (χ3n) is 4.01. The van der Waals surface area contributed by atoms with Crippen molar-refractivity contribution >= 4 is 18.2 Å². The van der Waals surface area contributed by atoms with E-state index in [9.17, 15) is 4.79 Å². The Morgan fingerprint density at radius 3 is 2.82 bits per heavy atom. The SMILES string of the molecule is O=C1C(CCc2ccccc2)N=CN1c1noc(C2CC2)n1. The number of aromatic nitrogens is 2. The maximum atomic E-state index is 12.4. The Kier molecular flexibility index (Phi) is 3.21. The van der Waals surface area contributed by atoms with Crippen molar-refractivity contribution in [2.45, 2.75) is 37.6 Å². The van der Waals surface area contributed by atoms with Gasteiger partial charge in [-0.15, -0.1) is 0 Å². The fraction of sp³-hybridized carbons (Fsp3) is 0.375. The first-order valence-corrected chi connectivity index (χ1v) is 7.55. The average molecular weight is 296 g/mol. The zero-order chi connectivity index (χ0) is 14.9. The molecule has 1 unspecified atom stereocenters. The zero-order valence-electron chi connectivity index (χ0n) is 12.1. The fourth-order valence-electron chi connectivity index (χ4n) is 2.55. The average Bonchev–Trinajstić information content (AvgIpc) is 3.18. The van der Waals surface area contributed by atoms with E-state index in [1.165, 1.54) is 16.8 Å². The third kappa shape index (κ3) is 2.52. The second-order valence-electron chi connectivity index (χ2n) is 5.72. The van der Waals surface area contributed by atoms with Crippen LogP contribution >= 0.6 is 0 Å². The van der Waals surface area contributed by atoms with Crippen LogP contribution in [0.5, 0.6) is 0 Å². The summed E-state index contributed by atoms with van der Waals surface area (Å²) in [6.45, 7) is 0. The molecule has 4 rings (SSSR count). The van der Waals surface area contributed by atoms with Gasteiger partial charge in [0.1, 0.15) is 12.4 Å². The van der Waals surface area contributed by atoms with E-state index in [0.29, 0.717) is 24.2 Å². The standard InChI is InChI=1S/C16H16N4O2/c21-15-13(9-6-11-4-2-1-3-5-11)17-10-20(15)16-18-14(22-19-16)12-7-8-12/h1-5,10,12-13H,6-9H2. The molecule has 1 aliphatic heterocycles. The highest BCUT2D eigenvalue weighted by Gasteiger charge is 2.34. The Labute approximate surface area is 127 Å². The quantitative estimate of drug-likeness (QED) is 0.849. The Morgan fingerprint density at radius 1 is 1.23 bits per heavy atom. The van der Waals surface area contributed by atoms with Crippen molar-refractivity contribution < 1.29 is 9.32 Å². The van der Waals surface area contributed by atoms with E-state index in [0.717, 1.165) is 19.3 Å². The highest BCUT2D eigenvalue weighted by molar-refractivity contribution is 6.13. The van der Waals surface area contributed by atoms with Gasteiger partial charge >= 0.3 is 0 Å². The van der Waals surface area contributed by atoms with Crippen molar-refractivity contribution in [2.24, 2.45) is 4.99 Å². The molecule has 0 spiro atoms. The minimum Gasteiger partial charge on any atom is -0.337 e. The maximum absolute atomic E-state index is 12.4. The van der Waals surface area contributed by atoms with Gasteiger partial charge in [0, 0.05) is 5.92 Å². The van der Waals surface area contributed by atoms with E-state index < -0.39 is 0 Å². The second-order valence-corrected chi connectivity index (χ2v) is 5.72. The van der Waals surface area contributed by atoms with Crippen LogP contribution < -0.4 is 4.90 Å². The van der Waals surface area contributed by atoms with Crippen LogP contribution in [-0.2, 0) is 11.2 Å². The monoisotopic (exact) mass is 296 g/mol. The molecule has 2 aromatic rings. The molecular formula is C16H16N4O2. The molecule has 1 fully saturated rings. The van der Waals surface area contributed by atoms with Crippen molar-refractivity contribution in [2.75, 3.05) is 4.90 Å². The molecule has 1 atom stereocenters. The Balaban J connectivity index is 1.40. The van der Waals surface area contributed by atoms with Gasteiger partial charge in [-0.3, -0.25) is 9.79 Å². The summed E-state index contributed by atoms with van der Waals surface area (Å²) in [5, 5.41) is 3.89. The summed E-state index contributed by atoms with van der Waals surface area (Å²) >= 11 is 0. The summed E-state index contributed by atoms with van der Waals surface area (Å²) < 4.78 is 5.20. The number of hydrogen-bond donors (Lipinski definition) is 0. The molecule has 1 aromatic carbocycles. The molecule has 0 N–H and O–H groups in total. The van der Waals surface area contributed by atoms with E-state index in [-0.39, 0.29) is 11.9 Å². The number of hydrogen-bond acceptors (Lipinski definition) is 5. The predicted octanol–water partition coefficient (Wildman–Crippen LogP) is 2.32. The molecule has 1 aromatic heterocycles. The van der Waals surface area contributed by atoms with Gasteiger partial charge in [0.25, 0.3) is 11.9 Å². The van der Waals surface area contributed by atoms with Gasteiger partial charge in [-0.2, -0.15) is 4.98 Å². The van der Waals surface area contributed by atoms with Crippen LogP contribution in [0.4, 0.5) is 5.95 Å². The summed E-state index contributed by atoms with van der Waals surface area (Å²) in [6, 6.07) is 9.74. The molecule has 6 nitrogen and oxygen atoms in total. The van der Waals surface area contributed by atoms with Gasteiger partial charge in [0.05, 0.1) is 0 Å². The van der Waals surface area contributed by atoms with Gasteiger partial charge in [0.15, 0.2) is 0 Å². The molecule has 112 valence electrons. The van der Waals surface area contributed by atoms with Crippen molar-refractivity contribution in [1.82, 2.24) is 10.1 Å². The maximum Gasteiger partial charge on any atom is 0.278 e. The van der Waals surface area contributed by atoms with Crippen LogP contribution in [0.3, 0.4) is 0 Å². The highest BCUT2D eigenvalue weighted by Crippen LogP contribution is 2.39. The zero-order valence-corrected chi connectivity index (χ0v) is 12.1. The van der Waals surface area contributed by atoms with Crippen LogP contribution in [-0.4, -0.2) is 28.4 Å². The number of carbonyl (C=O) groups is 1. The molecule has 1 saturated carbocycles. The van der Waals surface area contributed by atoms with Gasteiger partial charge < -0.3 is 4.52 Å². The fourth-order valence-corrected chi connectivity index (χ4v) is 2.55. The van der Waals surface area contributed by atoms with Crippen LogP contribution in [0.25, 0.3) is 0 Å². The first kappa shape index (κ1) is 13.2. The summed E-state index contributed by atoms with van der Waals surface area (Å²) in [5.41, 5.74) is 1.21. The van der Waals surface area contributed by atoms with Crippen molar-refractivity contribution in [1.29, 1.82) is 0 Å². The summed E-state index contributed by atoms with van der Waals surface area (Å²) in [7, 11) is 0. The van der Waals surface area contributed by atoms with E-state index in [4.69, 9.17) is 4.52 Å². The van der Waals surface area contributed by atoms with Gasteiger partial charge in [0.2, 0.25) is 5.89 Å². The molecule has 22 heavy (non-hydrogen) atoms. The number of nitrogens with zero attached hydrogens (tertiary/aromatic N) is 4. The number of benzene rings is 1. The Hall–Kier alpha value is -2.50. The van der Waals surface area contributed by atoms with E-state index in [1.54, 1.807) is 0 Å². The summed E-state index contributed by atoms with van der Waals surface area (Å²) in [4.78, 5) is 22.4. The lowest BCUT2D eigenvalue weighted by molar-refractivity contribution is -0.118. The molecule has 0 radical (unpaired) electrons. The summed E-state index contributed by atoms with van der Waals surface area (Å²) in [6.07, 6.45) is 5.19. The van der Waals surface area contributed by atoms with Crippen LogP contribution in [0.2, 0.25) is 0 Å². The van der Waals surface area contributed by atoms with Crippen molar-refractivity contribution in [3.05, 3.63) is 41.8 Å². The van der Waals surface area contributed by atoms with Gasteiger partial charge in [-0.1, -0.05) is 30.3 Å². The lowest BCUT2D eigenvalue weighted by atomic mass is 10.1. The number of aliphatic imine (C=N–C) groups is 1. The van der Waals surface area contributed by atoms with Gasteiger partial charge in [-0.25, -0.2) is 4.90 Å². The minimum absolute atomic E-state index is 0.0842. The minimum atomic E-state index is -0.358. The number of amides is 1. The van der Waals surface area contributed by atoms with Crippen LogP contribution in [0.15, 0.2) is 39.8 Å². The highest BCUT2D eigenvalue weighted by atomic mass is 16.5. The van der Waals surface area contributed by atoms with Crippen molar-refractivity contribution in [3.63, 3.8) is 0 Å². The van der Waals surface area contributed by atoms with E-state index in [1.807, 2.05) is 18.2 Å². The number of aryl methyl sites for hydroxylation is 1. The van der Waals surface area contributed by atoms with Gasteiger partial charge in [-0.05, 0) is 36.4 Å². The molecule has 6 heteroatoms. The number of carbonyl (C=O) groups excluding carboxylic acids is 1. The molecule has 1 aliphatic carbocycles. The second kappa shape index (κ2) is 5.36. The number of anilines is 1. The summed E-state index contributed by atoms with van der Waals surface area (Å²) in [5.74, 6) is 1.23. The molecule has 2 aliphatic rings. The van der Waals surface area contributed by atoms with Crippen molar-refractivity contribution in [3.8, 4) is 0 Å². The Morgan fingerprint density at radius 2 is 2.05 bits per heavy atom. The molecule has 0 saturated heterocycles. The molecule has 0 bridgehead atoms. The van der Waals surface area contributed by atoms with E-state index in [2.05, 4.69) is 27.3 Å². The van der Waals surface area contributed by atoms with Crippen LogP contribution in [0, 0.1) is 0 Å². The molecule has 2 heterocycles. The smallest absolute Gasteiger partial charge is 0.278 e.